The van der Waals surface area contributed by atoms with Crippen molar-refractivity contribution in [2.45, 2.75) is 52.5 Å². The molecule has 0 radical (unpaired) electrons. The Hall–Kier alpha value is -3.43. The lowest BCUT2D eigenvalue weighted by molar-refractivity contribution is -0.123. The summed E-state index contributed by atoms with van der Waals surface area (Å²) >= 11 is 1.21. The molecule has 0 bridgehead atoms. The van der Waals surface area contributed by atoms with Crippen molar-refractivity contribution in [1.29, 1.82) is 0 Å². The molecular formula is C29H30N2O3S. The molecule has 3 aromatic rings. The molecule has 35 heavy (non-hydrogen) atoms. The Morgan fingerprint density at radius 3 is 2.34 bits per heavy atom. The zero-order valence-electron chi connectivity index (χ0n) is 20.3. The van der Waals surface area contributed by atoms with Crippen LogP contribution in [0.25, 0.3) is 10.4 Å². The van der Waals surface area contributed by atoms with E-state index in [2.05, 4.69) is 23.7 Å². The molecule has 1 aromatic carbocycles. The van der Waals surface area contributed by atoms with Gasteiger partial charge in [0.15, 0.2) is 0 Å². The highest BCUT2D eigenvalue weighted by molar-refractivity contribution is 7.18. The van der Waals surface area contributed by atoms with Crippen LogP contribution in [0.2, 0.25) is 0 Å². The van der Waals surface area contributed by atoms with Gasteiger partial charge < -0.3 is 10.0 Å². The summed E-state index contributed by atoms with van der Waals surface area (Å²) in [5.74, 6) is 5.85. The van der Waals surface area contributed by atoms with Crippen LogP contribution >= 0.6 is 11.3 Å². The first-order chi connectivity index (χ1) is 16.8. The van der Waals surface area contributed by atoms with Crippen molar-refractivity contribution in [3.05, 3.63) is 70.9 Å². The SMILES string of the molecule is CC1CCC(C(=O)N(c2cc(-c3ccc(C#Cc4cccnc4)cc3)sc2C(=O)O)C(C)C)CC1. The number of amides is 1. The summed E-state index contributed by atoms with van der Waals surface area (Å²) in [5, 5.41) is 9.95. The second kappa shape index (κ2) is 10.9. The third-order valence-corrected chi connectivity index (χ3v) is 7.63. The Bertz CT molecular complexity index is 1240. The molecule has 180 valence electrons. The Kier molecular flexibility index (Phi) is 7.67. The number of aromatic carboxylic acids is 1. The smallest absolute Gasteiger partial charge is 0.348 e. The van der Waals surface area contributed by atoms with Crippen LogP contribution in [0.3, 0.4) is 0 Å². The number of carbonyl (C=O) groups is 2. The van der Waals surface area contributed by atoms with E-state index in [1.165, 1.54) is 11.3 Å². The monoisotopic (exact) mass is 486 g/mol. The van der Waals surface area contributed by atoms with E-state index < -0.39 is 5.97 Å². The van der Waals surface area contributed by atoms with E-state index in [4.69, 9.17) is 0 Å². The molecule has 2 aromatic heterocycles. The van der Waals surface area contributed by atoms with Crippen LogP contribution in [0, 0.1) is 23.7 Å². The summed E-state index contributed by atoms with van der Waals surface area (Å²) in [6.07, 6.45) is 7.24. The van der Waals surface area contributed by atoms with Gasteiger partial charge in [0.2, 0.25) is 5.91 Å². The summed E-state index contributed by atoms with van der Waals surface area (Å²) in [6.45, 7) is 6.12. The molecule has 0 aliphatic heterocycles. The van der Waals surface area contributed by atoms with Crippen LogP contribution in [-0.2, 0) is 4.79 Å². The molecule has 0 spiro atoms. The number of carbonyl (C=O) groups excluding carboxylic acids is 1. The van der Waals surface area contributed by atoms with Gasteiger partial charge in [0.1, 0.15) is 4.88 Å². The maximum Gasteiger partial charge on any atom is 0.348 e. The normalized spacial score (nSPS) is 17.5. The molecule has 1 amide bonds. The Morgan fingerprint density at radius 2 is 1.74 bits per heavy atom. The number of rotatable bonds is 5. The van der Waals surface area contributed by atoms with Crippen molar-refractivity contribution < 1.29 is 14.7 Å². The van der Waals surface area contributed by atoms with Crippen LogP contribution in [0.4, 0.5) is 5.69 Å². The van der Waals surface area contributed by atoms with Gasteiger partial charge in [-0.05, 0) is 81.3 Å². The van der Waals surface area contributed by atoms with Crippen molar-refractivity contribution in [1.82, 2.24) is 4.98 Å². The van der Waals surface area contributed by atoms with E-state index >= 15 is 0 Å². The van der Waals surface area contributed by atoms with Gasteiger partial charge in [0.25, 0.3) is 0 Å². The lowest BCUT2D eigenvalue weighted by atomic mass is 9.82. The van der Waals surface area contributed by atoms with Crippen molar-refractivity contribution in [3.8, 4) is 22.3 Å². The van der Waals surface area contributed by atoms with Gasteiger partial charge in [-0.1, -0.05) is 30.9 Å². The zero-order valence-corrected chi connectivity index (χ0v) is 21.1. The lowest BCUT2D eigenvalue weighted by Gasteiger charge is -2.33. The van der Waals surface area contributed by atoms with Gasteiger partial charge in [-0.25, -0.2) is 4.79 Å². The maximum absolute atomic E-state index is 13.5. The second-order valence-corrected chi connectivity index (χ2v) is 10.5. The first-order valence-corrected chi connectivity index (χ1v) is 12.9. The quantitative estimate of drug-likeness (QED) is 0.419. The minimum atomic E-state index is -1.01. The summed E-state index contributed by atoms with van der Waals surface area (Å²) in [7, 11) is 0. The first kappa shape index (κ1) is 24.7. The number of pyridine rings is 1. The van der Waals surface area contributed by atoms with Crippen LogP contribution in [0.5, 0.6) is 0 Å². The fourth-order valence-corrected chi connectivity index (χ4v) is 5.50. The largest absolute Gasteiger partial charge is 0.477 e. The minimum absolute atomic E-state index is 0.0415. The van der Waals surface area contributed by atoms with Crippen molar-refractivity contribution in [3.63, 3.8) is 0 Å². The third kappa shape index (κ3) is 5.80. The third-order valence-electron chi connectivity index (χ3n) is 6.47. The van der Waals surface area contributed by atoms with Crippen molar-refractivity contribution in [2.24, 2.45) is 11.8 Å². The van der Waals surface area contributed by atoms with Crippen molar-refractivity contribution in [2.75, 3.05) is 4.90 Å². The average molecular weight is 487 g/mol. The molecule has 1 saturated carbocycles. The molecular weight excluding hydrogens is 456 g/mol. The highest BCUT2D eigenvalue weighted by atomic mass is 32.1. The van der Waals surface area contributed by atoms with Gasteiger partial charge in [0, 0.05) is 40.4 Å². The van der Waals surface area contributed by atoms with Crippen LogP contribution in [0.1, 0.15) is 67.3 Å². The van der Waals surface area contributed by atoms with Crippen LogP contribution in [-0.4, -0.2) is 28.0 Å². The molecule has 0 atom stereocenters. The Balaban J connectivity index is 1.62. The molecule has 1 N–H and O–H groups in total. The molecule has 6 heteroatoms. The molecule has 1 aliphatic rings. The summed E-state index contributed by atoms with van der Waals surface area (Å²) < 4.78 is 0. The fourth-order valence-electron chi connectivity index (χ4n) is 4.51. The van der Waals surface area contributed by atoms with Gasteiger partial charge in [0.05, 0.1) is 5.69 Å². The number of nitrogens with zero attached hydrogens (tertiary/aromatic N) is 2. The minimum Gasteiger partial charge on any atom is -0.477 e. The van der Waals surface area contributed by atoms with Crippen molar-refractivity contribution >= 4 is 28.9 Å². The predicted molar refractivity (Wildman–Crippen MR) is 141 cm³/mol. The number of hydrogen-bond acceptors (Lipinski definition) is 4. The molecule has 0 unspecified atom stereocenters. The molecule has 1 aliphatic carbocycles. The Labute approximate surface area is 210 Å². The van der Waals surface area contributed by atoms with E-state index in [9.17, 15) is 14.7 Å². The number of hydrogen-bond donors (Lipinski definition) is 1. The van der Waals surface area contributed by atoms with E-state index in [0.717, 1.165) is 47.3 Å². The molecule has 0 saturated heterocycles. The summed E-state index contributed by atoms with van der Waals surface area (Å²) in [6, 6.07) is 13.2. The highest BCUT2D eigenvalue weighted by Gasteiger charge is 2.33. The van der Waals surface area contributed by atoms with E-state index in [1.807, 2.05) is 56.3 Å². The zero-order chi connectivity index (χ0) is 24.9. The highest BCUT2D eigenvalue weighted by Crippen LogP contribution is 2.40. The fraction of sp³-hybridized carbons (Fsp3) is 0.345. The van der Waals surface area contributed by atoms with Gasteiger partial charge in [-0.2, -0.15) is 0 Å². The number of thiophene rings is 1. The standard InChI is InChI=1S/C29H30N2O3S/c1-19(2)31(28(32)24-12-6-20(3)7-13-24)25-17-26(35-27(25)29(33)34)23-14-10-21(11-15-23)8-9-22-5-4-16-30-18-22/h4-5,10-11,14-20,24H,6-7,12-13H2,1-3H3,(H,33,34). The maximum atomic E-state index is 13.5. The van der Waals surface area contributed by atoms with E-state index in [1.54, 1.807) is 17.3 Å². The van der Waals surface area contributed by atoms with Gasteiger partial charge >= 0.3 is 5.97 Å². The van der Waals surface area contributed by atoms with Gasteiger partial charge in [-0.15, -0.1) is 11.3 Å². The Morgan fingerprint density at radius 1 is 1.06 bits per heavy atom. The van der Waals surface area contributed by atoms with Crippen LogP contribution in [0.15, 0.2) is 54.9 Å². The molecule has 4 rings (SSSR count). The van der Waals surface area contributed by atoms with Gasteiger partial charge in [-0.3, -0.25) is 9.78 Å². The van der Waals surface area contributed by atoms with E-state index in [0.29, 0.717) is 11.6 Å². The topological polar surface area (TPSA) is 70.5 Å². The average Bonchev–Trinajstić information content (AvgIpc) is 3.29. The van der Waals surface area contributed by atoms with Crippen LogP contribution < -0.4 is 4.90 Å². The number of carboxylic acids is 1. The number of anilines is 1. The second-order valence-electron chi connectivity index (χ2n) is 9.46. The van der Waals surface area contributed by atoms with E-state index in [-0.39, 0.29) is 22.7 Å². The number of aromatic nitrogens is 1. The predicted octanol–water partition coefficient (Wildman–Crippen LogP) is 6.48. The molecule has 5 nitrogen and oxygen atoms in total. The number of benzene rings is 1. The summed E-state index contributed by atoms with van der Waals surface area (Å²) in [5.41, 5.74) is 3.10. The molecule has 2 heterocycles. The first-order valence-electron chi connectivity index (χ1n) is 12.1. The number of carboxylic acid groups (broad SMARTS) is 1. The lowest BCUT2D eigenvalue weighted by Crippen LogP contribution is -2.42. The summed E-state index contributed by atoms with van der Waals surface area (Å²) in [4.78, 5) is 32.5. The molecule has 1 fully saturated rings.